The quantitative estimate of drug-likeness (QED) is 0.370. The van der Waals surface area contributed by atoms with Crippen LogP contribution >= 0.6 is 0 Å². The van der Waals surface area contributed by atoms with Gasteiger partial charge in [-0.3, -0.25) is 10.8 Å². The molecule has 1 saturated heterocycles. The molecule has 4 N–H and O–H groups in total. The van der Waals surface area contributed by atoms with E-state index in [1.807, 2.05) is 43.3 Å². The standard InChI is InChI=1S/C26H32N6O/c1-3-25-30-23-17-22(33-21-11-14-31(15-12-21)18(2)27)9-10-24(23)32(25)13-5-7-19-6-4-8-20(16-19)26(28)29/h4-10,16-17,21,27H,3,11-15H2,1-2H3,(H3,28,29)/b7-5+,27-18?. The van der Waals surface area contributed by atoms with E-state index in [9.17, 15) is 0 Å². The fraction of sp³-hybridized carbons (Fsp3) is 0.346. The fourth-order valence-electron chi connectivity index (χ4n) is 4.31. The van der Waals surface area contributed by atoms with Gasteiger partial charge in [-0.25, -0.2) is 4.98 Å². The Hall–Kier alpha value is -3.61. The average Bonchev–Trinajstić information content (AvgIpc) is 3.16. The zero-order chi connectivity index (χ0) is 23.4. The van der Waals surface area contributed by atoms with Crippen molar-refractivity contribution in [1.82, 2.24) is 14.5 Å². The molecule has 3 aromatic rings. The number of nitrogen functional groups attached to an aromatic ring is 1. The maximum atomic E-state index is 7.79. The number of fused-ring (bicyclic) bond motifs is 1. The van der Waals surface area contributed by atoms with Gasteiger partial charge in [-0.15, -0.1) is 0 Å². The first-order chi connectivity index (χ1) is 15.9. The highest BCUT2D eigenvalue weighted by Crippen LogP contribution is 2.25. The second-order valence-electron chi connectivity index (χ2n) is 8.47. The molecule has 0 bridgehead atoms. The van der Waals surface area contributed by atoms with Crippen LogP contribution in [0, 0.1) is 10.8 Å². The molecule has 33 heavy (non-hydrogen) atoms. The molecule has 172 valence electrons. The minimum atomic E-state index is 0.0764. The Balaban J connectivity index is 1.47. The number of nitrogens with two attached hydrogens (primary N) is 1. The zero-order valence-corrected chi connectivity index (χ0v) is 19.3. The first-order valence-corrected chi connectivity index (χ1v) is 11.5. The van der Waals surface area contributed by atoms with E-state index < -0.39 is 0 Å². The van der Waals surface area contributed by atoms with Crippen molar-refractivity contribution in [3.8, 4) is 5.75 Å². The number of aromatic nitrogens is 2. The van der Waals surface area contributed by atoms with Crippen LogP contribution in [-0.2, 0) is 13.0 Å². The van der Waals surface area contributed by atoms with Crippen molar-refractivity contribution in [3.05, 3.63) is 65.5 Å². The second kappa shape index (κ2) is 9.90. The third kappa shape index (κ3) is 5.25. The monoisotopic (exact) mass is 444 g/mol. The zero-order valence-electron chi connectivity index (χ0n) is 19.3. The summed E-state index contributed by atoms with van der Waals surface area (Å²) in [5.74, 6) is 2.61. The van der Waals surface area contributed by atoms with Gasteiger partial charge in [0.25, 0.3) is 0 Å². The number of amidine groups is 2. The molecule has 0 unspecified atom stereocenters. The van der Waals surface area contributed by atoms with Crippen LogP contribution in [0.15, 0.2) is 48.5 Å². The number of nitrogens with zero attached hydrogens (tertiary/aromatic N) is 3. The highest BCUT2D eigenvalue weighted by Gasteiger charge is 2.21. The number of imidazole rings is 1. The van der Waals surface area contributed by atoms with Gasteiger partial charge in [0.15, 0.2) is 0 Å². The molecule has 1 aliphatic heterocycles. The number of hydrogen-bond acceptors (Lipinski definition) is 4. The molecule has 1 aromatic heterocycles. The molecule has 7 heteroatoms. The number of nitrogens with one attached hydrogen (secondary N) is 2. The van der Waals surface area contributed by atoms with E-state index in [0.29, 0.717) is 12.4 Å². The molecular weight excluding hydrogens is 412 g/mol. The highest BCUT2D eigenvalue weighted by molar-refractivity contribution is 5.95. The van der Waals surface area contributed by atoms with Gasteiger partial charge in [0.05, 0.1) is 16.9 Å². The van der Waals surface area contributed by atoms with Crippen LogP contribution in [-0.4, -0.2) is 45.3 Å². The summed E-state index contributed by atoms with van der Waals surface area (Å²) in [4.78, 5) is 6.95. The van der Waals surface area contributed by atoms with Crippen LogP contribution in [0.2, 0.25) is 0 Å². The van der Waals surface area contributed by atoms with E-state index in [1.165, 1.54) is 0 Å². The summed E-state index contributed by atoms with van der Waals surface area (Å²) in [7, 11) is 0. The molecule has 0 amide bonds. The van der Waals surface area contributed by atoms with Gasteiger partial charge in [-0.1, -0.05) is 37.3 Å². The Morgan fingerprint density at radius 1 is 1.18 bits per heavy atom. The topological polar surface area (TPSA) is 104 Å². The van der Waals surface area contributed by atoms with Gasteiger partial charge < -0.3 is 19.9 Å². The van der Waals surface area contributed by atoms with E-state index in [4.69, 9.17) is 26.3 Å². The van der Waals surface area contributed by atoms with Crippen molar-refractivity contribution < 1.29 is 4.74 Å². The fourth-order valence-corrected chi connectivity index (χ4v) is 4.31. The lowest BCUT2D eigenvalue weighted by atomic mass is 10.1. The Labute approximate surface area is 194 Å². The molecule has 0 atom stereocenters. The highest BCUT2D eigenvalue weighted by atomic mass is 16.5. The molecule has 7 nitrogen and oxygen atoms in total. The minimum absolute atomic E-state index is 0.0764. The summed E-state index contributed by atoms with van der Waals surface area (Å²) in [6, 6.07) is 13.9. The summed E-state index contributed by atoms with van der Waals surface area (Å²) in [6.07, 6.45) is 7.05. The average molecular weight is 445 g/mol. The summed E-state index contributed by atoms with van der Waals surface area (Å²) >= 11 is 0. The smallest absolute Gasteiger partial charge is 0.122 e. The van der Waals surface area contributed by atoms with Gasteiger partial charge >= 0.3 is 0 Å². The lowest BCUT2D eigenvalue weighted by Gasteiger charge is -2.32. The van der Waals surface area contributed by atoms with Crippen LogP contribution in [0.4, 0.5) is 0 Å². The van der Waals surface area contributed by atoms with Crippen molar-refractivity contribution in [1.29, 1.82) is 10.8 Å². The summed E-state index contributed by atoms with van der Waals surface area (Å²) in [5.41, 5.74) is 9.39. The van der Waals surface area contributed by atoms with E-state index in [2.05, 4.69) is 34.6 Å². The van der Waals surface area contributed by atoms with Gasteiger partial charge in [-0.05, 0) is 30.7 Å². The number of hydrogen-bond donors (Lipinski definition) is 3. The predicted octanol–water partition coefficient (Wildman–Crippen LogP) is 4.44. The van der Waals surface area contributed by atoms with Crippen molar-refractivity contribution >= 4 is 28.8 Å². The van der Waals surface area contributed by atoms with E-state index >= 15 is 0 Å². The molecule has 4 rings (SSSR count). The summed E-state index contributed by atoms with van der Waals surface area (Å²) < 4.78 is 8.49. The van der Waals surface area contributed by atoms with E-state index in [0.717, 1.165) is 66.1 Å². The number of benzene rings is 2. The molecule has 1 aliphatic rings. The molecule has 0 saturated carbocycles. The third-order valence-electron chi connectivity index (χ3n) is 6.13. The van der Waals surface area contributed by atoms with Crippen LogP contribution in [0.25, 0.3) is 17.1 Å². The lowest BCUT2D eigenvalue weighted by molar-refractivity contribution is 0.130. The molecule has 0 spiro atoms. The molecule has 2 heterocycles. The normalized spacial score (nSPS) is 14.8. The van der Waals surface area contributed by atoms with Gasteiger partial charge in [0.2, 0.25) is 0 Å². The second-order valence-corrected chi connectivity index (χ2v) is 8.47. The Morgan fingerprint density at radius 3 is 2.67 bits per heavy atom. The first kappa shape index (κ1) is 22.6. The third-order valence-corrected chi connectivity index (χ3v) is 6.13. The predicted molar refractivity (Wildman–Crippen MR) is 134 cm³/mol. The Morgan fingerprint density at radius 2 is 1.97 bits per heavy atom. The largest absolute Gasteiger partial charge is 0.490 e. The Kier molecular flexibility index (Phi) is 6.77. The molecule has 1 fully saturated rings. The molecule has 0 radical (unpaired) electrons. The van der Waals surface area contributed by atoms with Crippen LogP contribution in [0.3, 0.4) is 0 Å². The minimum Gasteiger partial charge on any atom is -0.490 e. The van der Waals surface area contributed by atoms with Gasteiger partial charge in [-0.2, -0.15) is 0 Å². The molecule has 0 aliphatic carbocycles. The summed E-state index contributed by atoms with van der Waals surface area (Å²) in [5, 5.41) is 15.4. The van der Waals surface area contributed by atoms with Gasteiger partial charge in [0.1, 0.15) is 23.5 Å². The van der Waals surface area contributed by atoms with Crippen molar-refractivity contribution in [2.75, 3.05) is 13.1 Å². The number of allylic oxidation sites excluding steroid dienone is 1. The first-order valence-electron chi connectivity index (χ1n) is 11.5. The SMILES string of the molecule is CCc1nc2cc(OC3CCN(C(C)=N)CC3)ccc2n1C/C=C/c1cccc(C(=N)N)c1. The molecule has 2 aromatic carbocycles. The van der Waals surface area contributed by atoms with E-state index in [-0.39, 0.29) is 11.9 Å². The number of likely N-dealkylation sites (tertiary alicyclic amines) is 1. The number of aryl methyl sites for hydroxylation is 1. The van der Waals surface area contributed by atoms with E-state index in [1.54, 1.807) is 0 Å². The van der Waals surface area contributed by atoms with Crippen molar-refractivity contribution in [2.45, 2.75) is 45.8 Å². The maximum absolute atomic E-state index is 7.79. The maximum Gasteiger partial charge on any atom is 0.122 e. The number of piperidine rings is 1. The van der Waals surface area contributed by atoms with Crippen LogP contribution in [0.1, 0.15) is 43.6 Å². The van der Waals surface area contributed by atoms with Gasteiger partial charge in [0, 0.05) is 50.5 Å². The number of ether oxygens (including phenoxy) is 1. The lowest BCUT2D eigenvalue weighted by Crippen LogP contribution is -2.40. The molecular formula is C26H32N6O. The van der Waals surface area contributed by atoms with Crippen LogP contribution in [0.5, 0.6) is 5.75 Å². The van der Waals surface area contributed by atoms with Crippen molar-refractivity contribution in [2.24, 2.45) is 5.73 Å². The van der Waals surface area contributed by atoms with Crippen molar-refractivity contribution in [3.63, 3.8) is 0 Å². The number of rotatable bonds is 7. The van der Waals surface area contributed by atoms with Crippen LogP contribution < -0.4 is 10.5 Å². The summed E-state index contributed by atoms with van der Waals surface area (Å²) in [6.45, 7) is 6.42. The Bertz CT molecular complexity index is 1190.